The molecular weight excluding hydrogens is 344 g/mol. The maximum absolute atomic E-state index is 11.3. The second-order valence-corrected chi connectivity index (χ2v) is 9.68. The largest absolute Gasteiger partial charge is 0.480 e. The number of hydrogen-bond acceptors (Lipinski definition) is 3. The molecule has 0 aliphatic carbocycles. The second kappa shape index (κ2) is 6.47. The van der Waals surface area contributed by atoms with Crippen molar-refractivity contribution in [3.8, 4) is 11.3 Å². The van der Waals surface area contributed by atoms with E-state index in [0.29, 0.717) is 5.03 Å². The highest BCUT2D eigenvalue weighted by molar-refractivity contribution is 8.01. The maximum Gasteiger partial charge on any atom is 0.319 e. The van der Waals surface area contributed by atoms with Crippen LogP contribution in [0.5, 0.6) is 0 Å². The Hall–Kier alpha value is -2.27. The quantitative estimate of drug-likeness (QED) is 0.598. The van der Waals surface area contributed by atoms with E-state index in [1.807, 2.05) is 6.07 Å². The molecular formula is C21H24N2O2S. The fourth-order valence-electron chi connectivity index (χ4n) is 2.68. The van der Waals surface area contributed by atoms with Gasteiger partial charge in [-0.1, -0.05) is 50.7 Å². The molecule has 0 bridgehead atoms. The van der Waals surface area contributed by atoms with Crippen LogP contribution >= 0.6 is 11.8 Å². The van der Waals surface area contributed by atoms with Gasteiger partial charge in [0, 0.05) is 11.1 Å². The van der Waals surface area contributed by atoms with Crippen LogP contribution in [-0.2, 0) is 10.2 Å². The van der Waals surface area contributed by atoms with Crippen molar-refractivity contribution in [2.75, 3.05) is 0 Å². The molecule has 0 atom stereocenters. The van der Waals surface area contributed by atoms with Gasteiger partial charge in [-0.15, -0.1) is 0 Å². The lowest BCUT2D eigenvalue weighted by Gasteiger charge is -2.19. The topological polar surface area (TPSA) is 66.0 Å². The summed E-state index contributed by atoms with van der Waals surface area (Å²) >= 11 is 1.26. The van der Waals surface area contributed by atoms with Gasteiger partial charge in [0.1, 0.15) is 4.75 Å². The Morgan fingerprint density at radius 1 is 1.12 bits per heavy atom. The van der Waals surface area contributed by atoms with Crippen LogP contribution in [0.3, 0.4) is 0 Å². The number of hydrogen-bond donors (Lipinski definition) is 2. The predicted octanol–water partition coefficient (Wildman–Crippen LogP) is 5.48. The SMILES string of the molecule is CC(C)(Sc1cc2cc(-c3cccc(C(C)(C)C)c3)[nH]c2cn1)C(=O)O. The minimum atomic E-state index is -0.916. The highest BCUT2D eigenvalue weighted by atomic mass is 32.2. The second-order valence-electron chi connectivity index (χ2n) is 8.04. The molecule has 136 valence electrons. The molecule has 0 radical (unpaired) electrons. The molecule has 2 heterocycles. The van der Waals surface area contributed by atoms with Gasteiger partial charge >= 0.3 is 5.97 Å². The van der Waals surface area contributed by atoms with E-state index in [4.69, 9.17) is 0 Å². The molecule has 4 nitrogen and oxygen atoms in total. The molecule has 2 N–H and O–H groups in total. The standard InChI is InChI=1S/C21H24N2O2S/c1-20(2,3)15-8-6-7-13(9-15)16-10-14-11-18(22-12-17(14)23-16)26-21(4,5)19(24)25/h6-12,23H,1-5H3,(H,24,25). The molecule has 26 heavy (non-hydrogen) atoms. The molecule has 0 aliphatic rings. The van der Waals surface area contributed by atoms with Crippen LogP contribution in [0.1, 0.15) is 40.2 Å². The number of carboxylic acid groups (broad SMARTS) is 1. The van der Waals surface area contributed by atoms with Crippen LogP contribution in [-0.4, -0.2) is 25.8 Å². The smallest absolute Gasteiger partial charge is 0.319 e. The molecule has 5 heteroatoms. The van der Waals surface area contributed by atoms with E-state index in [0.717, 1.165) is 22.2 Å². The molecule has 2 aromatic heterocycles. The van der Waals surface area contributed by atoms with Crippen molar-refractivity contribution in [3.63, 3.8) is 0 Å². The summed E-state index contributed by atoms with van der Waals surface area (Å²) < 4.78 is -0.916. The lowest BCUT2D eigenvalue weighted by atomic mass is 9.86. The zero-order valence-electron chi connectivity index (χ0n) is 15.8. The van der Waals surface area contributed by atoms with Gasteiger partial charge in [-0.3, -0.25) is 4.79 Å². The van der Waals surface area contributed by atoms with Gasteiger partial charge in [0.25, 0.3) is 0 Å². The molecule has 0 fully saturated rings. The predicted molar refractivity (Wildman–Crippen MR) is 108 cm³/mol. The van der Waals surface area contributed by atoms with Gasteiger partial charge in [-0.2, -0.15) is 0 Å². The first-order chi connectivity index (χ1) is 12.1. The Labute approximate surface area is 158 Å². The third-order valence-corrected chi connectivity index (χ3v) is 5.51. The molecule has 0 unspecified atom stereocenters. The van der Waals surface area contributed by atoms with Crippen LogP contribution < -0.4 is 0 Å². The zero-order chi connectivity index (χ0) is 19.1. The number of fused-ring (bicyclic) bond motifs is 1. The summed E-state index contributed by atoms with van der Waals surface area (Å²) in [4.78, 5) is 19.2. The summed E-state index contributed by atoms with van der Waals surface area (Å²) in [5, 5.41) is 11.0. The van der Waals surface area contributed by atoms with E-state index in [2.05, 4.69) is 61.1 Å². The van der Waals surface area contributed by atoms with Crippen molar-refractivity contribution in [1.82, 2.24) is 9.97 Å². The van der Waals surface area contributed by atoms with Crippen LogP contribution in [0.25, 0.3) is 22.2 Å². The first-order valence-corrected chi connectivity index (χ1v) is 9.40. The highest BCUT2D eigenvalue weighted by Gasteiger charge is 2.29. The number of H-pyrrole nitrogens is 1. The zero-order valence-corrected chi connectivity index (χ0v) is 16.6. The fraction of sp³-hybridized carbons (Fsp3) is 0.333. The van der Waals surface area contributed by atoms with E-state index in [1.165, 1.54) is 17.3 Å². The third kappa shape index (κ3) is 3.78. The Morgan fingerprint density at radius 3 is 2.50 bits per heavy atom. The first kappa shape index (κ1) is 18.5. The van der Waals surface area contributed by atoms with Crippen LogP contribution in [0.2, 0.25) is 0 Å². The number of nitrogens with one attached hydrogen (secondary N) is 1. The number of aromatic nitrogens is 2. The van der Waals surface area contributed by atoms with Crippen molar-refractivity contribution < 1.29 is 9.90 Å². The Kier molecular flexibility index (Phi) is 4.61. The summed E-state index contributed by atoms with van der Waals surface area (Å²) in [6.07, 6.45) is 1.77. The van der Waals surface area contributed by atoms with E-state index >= 15 is 0 Å². The average Bonchev–Trinajstić information content (AvgIpc) is 2.97. The van der Waals surface area contributed by atoms with Crippen LogP contribution in [0, 0.1) is 0 Å². The van der Waals surface area contributed by atoms with Crippen molar-refractivity contribution >= 4 is 28.6 Å². The molecule has 3 rings (SSSR count). The number of carbonyl (C=O) groups is 1. The Bertz CT molecular complexity index is 968. The minimum Gasteiger partial charge on any atom is -0.480 e. The molecule has 0 amide bonds. The van der Waals surface area contributed by atoms with Gasteiger partial charge in [0.2, 0.25) is 0 Å². The average molecular weight is 369 g/mol. The highest BCUT2D eigenvalue weighted by Crippen LogP contribution is 2.34. The number of aliphatic carboxylic acids is 1. The fourth-order valence-corrected chi connectivity index (χ4v) is 3.58. The van der Waals surface area contributed by atoms with Gasteiger partial charge in [0.15, 0.2) is 0 Å². The van der Waals surface area contributed by atoms with Gasteiger partial charge in [0.05, 0.1) is 16.7 Å². The van der Waals surface area contributed by atoms with Crippen LogP contribution in [0.15, 0.2) is 47.6 Å². The molecule has 3 aromatic rings. The van der Waals surface area contributed by atoms with E-state index in [-0.39, 0.29) is 5.41 Å². The first-order valence-electron chi connectivity index (χ1n) is 8.58. The molecule has 1 aromatic carbocycles. The van der Waals surface area contributed by atoms with Gasteiger partial charge in [-0.05, 0) is 48.6 Å². The number of pyridine rings is 1. The van der Waals surface area contributed by atoms with Crippen LogP contribution in [0.4, 0.5) is 0 Å². The number of nitrogens with zero attached hydrogens (tertiary/aromatic N) is 1. The van der Waals surface area contributed by atoms with Gasteiger partial charge < -0.3 is 10.1 Å². The number of carboxylic acids is 1. The summed E-state index contributed by atoms with van der Waals surface area (Å²) in [6.45, 7) is 9.98. The number of aromatic amines is 1. The van der Waals surface area contributed by atoms with Crippen molar-refractivity contribution in [2.45, 2.75) is 49.8 Å². The summed E-state index contributed by atoms with van der Waals surface area (Å²) in [6, 6.07) is 12.6. The lowest BCUT2D eigenvalue weighted by molar-refractivity contribution is -0.138. The monoisotopic (exact) mass is 368 g/mol. The normalized spacial score (nSPS) is 12.5. The van der Waals surface area contributed by atoms with Gasteiger partial charge in [-0.25, -0.2) is 4.98 Å². The molecule has 0 saturated heterocycles. The molecule has 0 spiro atoms. The van der Waals surface area contributed by atoms with E-state index in [1.54, 1.807) is 20.0 Å². The van der Waals surface area contributed by atoms with Crippen molar-refractivity contribution in [3.05, 3.63) is 48.2 Å². The molecule has 0 aliphatic heterocycles. The van der Waals surface area contributed by atoms with Crippen molar-refractivity contribution in [2.24, 2.45) is 0 Å². The minimum absolute atomic E-state index is 0.0931. The maximum atomic E-state index is 11.3. The summed E-state index contributed by atoms with van der Waals surface area (Å²) in [7, 11) is 0. The van der Waals surface area contributed by atoms with E-state index < -0.39 is 10.7 Å². The Morgan fingerprint density at radius 2 is 1.85 bits per heavy atom. The summed E-state index contributed by atoms with van der Waals surface area (Å²) in [5.74, 6) is -0.849. The lowest BCUT2D eigenvalue weighted by Crippen LogP contribution is -2.27. The Balaban J connectivity index is 1.97. The summed E-state index contributed by atoms with van der Waals surface area (Å²) in [5.41, 5.74) is 4.49. The molecule has 0 saturated carbocycles. The van der Waals surface area contributed by atoms with Crippen molar-refractivity contribution in [1.29, 1.82) is 0 Å². The third-order valence-electron chi connectivity index (χ3n) is 4.39. The number of rotatable bonds is 4. The number of thioether (sulfide) groups is 1. The number of benzene rings is 1. The van der Waals surface area contributed by atoms with E-state index in [9.17, 15) is 9.90 Å².